The Balaban J connectivity index is 3.50. The molecule has 0 radical (unpaired) electrons. The number of Topliss-reactive ketones (excluding diaryl/α,β-unsaturated/α-hetero) is 1. The third-order valence-corrected chi connectivity index (χ3v) is 2.61. The summed E-state index contributed by atoms with van der Waals surface area (Å²) in [5.41, 5.74) is 0.819. The van der Waals surface area contributed by atoms with E-state index in [1.54, 1.807) is 12.1 Å². The second-order valence-electron chi connectivity index (χ2n) is 2.48. The van der Waals surface area contributed by atoms with Crippen LogP contribution in [0, 0.1) is 11.3 Å². The van der Waals surface area contributed by atoms with Gasteiger partial charge in [0.05, 0.1) is 11.6 Å². The molecule has 0 spiro atoms. The number of ketones is 1. The molecule has 1 aromatic rings. The van der Waals surface area contributed by atoms with Crippen LogP contribution < -0.4 is 0 Å². The van der Waals surface area contributed by atoms with E-state index in [1.165, 1.54) is 6.92 Å². The second-order valence-corrected chi connectivity index (χ2v) is 4.25. The normalized spacial score (nSPS) is 9.38. The van der Waals surface area contributed by atoms with Gasteiger partial charge in [0.2, 0.25) is 0 Å². The molecule has 0 unspecified atom stereocenters. The first-order chi connectivity index (χ1) is 6.06. The summed E-state index contributed by atoms with van der Waals surface area (Å²) in [6, 6.07) is 5.35. The minimum Gasteiger partial charge on any atom is -0.294 e. The third kappa shape index (κ3) is 2.17. The minimum absolute atomic E-state index is 0.115. The van der Waals surface area contributed by atoms with Crippen LogP contribution in [0.2, 0.25) is 0 Å². The van der Waals surface area contributed by atoms with Crippen LogP contribution >= 0.6 is 31.9 Å². The summed E-state index contributed by atoms with van der Waals surface area (Å²) in [5.74, 6) is -0.115. The molecular weight excluding hydrogens is 298 g/mol. The lowest BCUT2D eigenvalue weighted by molar-refractivity contribution is 0.101. The summed E-state index contributed by atoms with van der Waals surface area (Å²) in [5, 5.41) is 8.77. The molecule has 1 aromatic carbocycles. The van der Waals surface area contributed by atoms with Crippen LogP contribution in [0.25, 0.3) is 0 Å². The number of benzene rings is 1. The number of hydrogen-bond donors (Lipinski definition) is 0. The Labute approximate surface area is 92.8 Å². The van der Waals surface area contributed by atoms with Gasteiger partial charge >= 0.3 is 0 Å². The Morgan fingerprint density at radius 1 is 1.46 bits per heavy atom. The predicted molar refractivity (Wildman–Crippen MR) is 56.6 cm³/mol. The lowest BCUT2D eigenvalue weighted by atomic mass is 10.1. The zero-order chi connectivity index (χ0) is 10.0. The van der Waals surface area contributed by atoms with Crippen molar-refractivity contribution in [3.63, 3.8) is 0 Å². The molecule has 2 nitrogen and oxygen atoms in total. The molecule has 0 saturated heterocycles. The largest absolute Gasteiger partial charge is 0.294 e. The Hall–Kier alpha value is -0.660. The molecule has 0 fully saturated rings. The number of rotatable bonds is 1. The fourth-order valence-electron chi connectivity index (χ4n) is 1.02. The number of carbonyl (C=O) groups excluding carboxylic acids is 1. The van der Waals surface area contributed by atoms with E-state index in [4.69, 9.17) is 5.26 Å². The fraction of sp³-hybridized carbons (Fsp3) is 0.111. The number of halogens is 2. The maximum absolute atomic E-state index is 11.2. The van der Waals surface area contributed by atoms with Crippen LogP contribution in [-0.2, 0) is 0 Å². The number of carbonyl (C=O) groups is 1. The molecular formula is C9H5Br2NO. The van der Waals surface area contributed by atoms with Gasteiger partial charge in [-0.05, 0) is 35.0 Å². The van der Waals surface area contributed by atoms with Crippen molar-refractivity contribution in [2.75, 3.05) is 0 Å². The van der Waals surface area contributed by atoms with Crippen molar-refractivity contribution in [1.82, 2.24) is 0 Å². The van der Waals surface area contributed by atoms with Crippen molar-refractivity contribution in [3.05, 3.63) is 32.2 Å². The standard InChI is InChI=1S/C9H5Br2NO/c1-5(13)9-6(4-12)2-7(10)3-8(9)11/h2-3H,1H3. The molecule has 0 aromatic heterocycles. The first-order valence-electron chi connectivity index (χ1n) is 3.46. The maximum atomic E-state index is 11.2. The fourth-order valence-corrected chi connectivity index (χ4v) is 2.52. The Kier molecular flexibility index (Phi) is 3.23. The van der Waals surface area contributed by atoms with Crippen LogP contribution in [0.3, 0.4) is 0 Å². The van der Waals surface area contributed by atoms with Crippen LogP contribution in [0.4, 0.5) is 0 Å². The molecule has 0 bridgehead atoms. The Bertz CT molecular complexity index is 407. The highest BCUT2D eigenvalue weighted by Gasteiger charge is 2.11. The molecule has 4 heteroatoms. The number of hydrogen-bond acceptors (Lipinski definition) is 2. The van der Waals surface area contributed by atoms with E-state index in [2.05, 4.69) is 31.9 Å². The molecule has 0 atom stereocenters. The van der Waals surface area contributed by atoms with Gasteiger partial charge in [-0.15, -0.1) is 0 Å². The van der Waals surface area contributed by atoms with Crippen molar-refractivity contribution in [1.29, 1.82) is 5.26 Å². The van der Waals surface area contributed by atoms with Crippen LogP contribution in [0.15, 0.2) is 21.1 Å². The van der Waals surface area contributed by atoms with E-state index in [-0.39, 0.29) is 5.78 Å². The average Bonchev–Trinajstić information content (AvgIpc) is 2.01. The molecule has 0 aliphatic heterocycles. The van der Waals surface area contributed by atoms with E-state index in [1.807, 2.05) is 6.07 Å². The summed E-state index contributed by atoms with van der Waals surface area (Å²) < 4.78 is 1.42. The highest BCUT2D eigenvalue weighted by atomic mass is 79.9. The van der Waals surface area contributed by atoms with Crippen LogP contribution in [-0.4, -0.2) is 5.78 Å². The third-order valence-electron chi connectivity index (χ3n) is 1.53. The van der Waals surface area contributed by atoms with Gasteiger partial charge in [-0.1, -0.05) is 15.9 Å². The molecule has 0 N–H and O–H groups in total. The number of nitrogens with zero attached hydrogens (tertiary/aromatic N) is 1. The lowest BCUT2D eigenvalue weighted by Crippen LogP contribution is -1.98. The zero-order valence-electron chi connectivity index (χ0n) is 6.77. The van der Waals surface area contributed by atoms with Gasteiger partial charge in [-0.2, -0.15) is 5.26 Å². The predicted octanol–water partition coefficient (Wildman–Crippen LogP) is 3.29. The second kappa shape index (κ2) is 4.03. The summed E-state index contributed by atoms with van der Waals surface area (Å²) in [6.45, 7) is 1.44. The van der Waals surface area contributed by atoms with Gasteiger partial charge in [-0.25, -0.2) is 0 Å². The van der Waals surface area contributed by atoms with Gasteiger partial charge in [-0.3, -0.25) is 4.79 Å². The van der Waals surface area contributed by atoms with Crippen molar-refractivity contribution in [3.8, 4) is 6.07 Å². The zero-order valence-corrected chi connectivity index (χ0v) is 9.94. The van der Waals surface area contributed by atoms with Gasteiger partial charge in [0.1, 0.15) is 0 Å². The number of nitriles is 1. The molecule has 0 aliphatic rings. The molecule has 1 rings (SSSR count). The first kappa shape index (κ1) is 10.4. The van der Waals surface area contributed by atoms with Gasteiger partial charge in [0.15, 0.2) is 5.78 Å². The molecule has 66 valence electrons. The summed E-state index contributed by atoms with van der Waals surface area (Å²) in [7, 11) is 0. The lowest BCUT2D eigenvalue weighted by Gasteiger charge is -2.03. The monoisotopic (exact) mass is 301 g/mol. The quantitative estimate of drug-likeness (QED) is 0.747. The summed E-state index contributed by atoms with van der Waals surface area (Å²) in [4.78, 5) is 11.2. The highest BCUT2D eigenvalue weighted by Crippen LogP contribution is 2.25. The molecule has 13 heavy (non-hydrogen) atoms. The van der Waals surface area contributed by atoms with Crippen molar-refractivity contribution >= 4 is 37.6 Å². The average molecular weight is 303 g/mol. The summed E-state index contributed by atoms with van der Waals surface area (Å²) in [6.07, 6.45) is 0. The molecule has 0 aliphatic carbocycles. The minimum atomic E-state index is -0.115. The van der Waals surface area contributed by atoms with Crippen molar-refractivity contribution < 1.29 is 4.79 Å². The topological polar surface area (TPSA) is 40.9 Å². The Morgan fingerprint density at radius 2 is 2.08 bits per heavy atom. The molecule has 0 saturated carbocycles. The van der Waals surface area contributed by atoms with E-state index in [9.17, 15) is 4.79 Å². The van der Waals surface area contributed by atoms with Crippen molar-refractivity contribution in [2.45, 2.75) is 6.92 Å². The Morgan fingerprint density at radius 3 is 2.54 bits per heavy atom. The van der Waals surface area contributed by atoms with E-state index in [0.717, 1.165) is 4.47 Å². The SMILES string of the molecule is CC(=O)c1c(Br)cc(Br)cc1C#N. The van der Waals surface area contributed by atoms with Crippen molar-refractivity contribution in [2.24, 2.45) is 0 Å². The highest BCUT2D eigenvalue weighted by molar-refractivity contribution is 9.11. The smallest absolute Gasteiger partial charge is 0.162 e. The van der Waals surface area contributed by atoms with Gasteiger partial charge in [0.25, 0.3) is 0 Å². The van der Waals surface area contributed by atoms with Gasteiger partial charge in [0, 0.05) is 14.5 Å². The van der Waals surface area contributed by atoms with Crippen LogP contribution in [0.1, 0.15) is 22.8 Å². The van der Waals surface area contributed by atoms with Gasteiger partial charge < -0.3 is 0 Å². The van der Waals surface area contributed by atoms with E-state index in [0.29, 0.717) is 15.6 Å². The van der Waals surface area contributed by atoms with E-state index < -0.39 is 0 Å². The molecule has 0 heterocycles. The van der Waals surface area contributed by atoms with Crippen LogP contribution in [0.5, 0.6) is 0 Å². The molecule has 0 amide bonds. The van der Waals surface area contributed by atoms with E-state index >= 15 is 0 Å². The first-order valence-corrected chi connectivity index (χ1v) is 5.05. The summed E-state index contributed by atoms with van der Waals surface area (Å²) >= 11 is 6.48. The maximum Gasteiger partial charge on any atom is 0.162 e.